The maximum absolute atomic E-state index is 12.7. The molecule has 0 aliphatic carbocycles. The van der Waals surface area contributed by atoms with E-state index in [1.54, 1.807) is 0 Å². The SMILES string of the molecule is Cc1cc(C)c2c(N)c(C(=O)N3CCCC3C)sc2n1. The molecule has 1 aliphatic rings. The topological polar surface area (TPSA) is 59.2 Å². The summed E-state index contributed by atoms with van der Waals surface area (Å²) in [6.45, 7) is 6.92. The minimum Gasteiger partial charge on any atom is -0.397 e. The fraction of sp³-hybridized carbons (Fsp3) is 0.467. The first-order valence-corrected chi connectivity index (χ1v) is 7.78. The van der Waals surface area contributed by atoms with Gasteiger partial charge in [0.25, 0.3) is 5.91 Å². The molecule has 1 aliphatic heterocycles. The molecule has 3 heterocycles. The van der Waals surface area contributed by atoms with Gasteiger partial charge in [-0.05, 0) is 45.2 Å². The summed E-state index contributed by atoms with van der Waals surface area (Å²) in [5.41, 5.74) is 8.88. The minimum atomic E-state index is 0.0625. The van der Waals surface area contributed by atoms with E-state index in [1.165, 1.54) is 11.3 Å². The van der Waals surface area contributed by atoms with Gasteiger partial charge in [-0.25, -0.2) is 4.98 Å². The highest BCUT2D eigenvalue weighted by Gasteiger charge is 2.29. The molecular formula is C15H19N3OS. The molecule has 5 heteroatoms. The number of nitrogens with two attached hydrogens (primary N) is 1. The average Bonchev–Trinajstić information content (AvgIpc) is 2.92. The van der Waals surface area contributed by atoms with Crippen LogP contribution in [0.5, 0.6) is 0 Å². The van der Waals surface area contributed by atoms with Gasteiger partial charge in [-0.2, -0.15) is 0 Å². The number of carbonyl (C=O) groups excluding carboxylic acids is 1. The van der Waals surface area contributed by atoms with E-state index in [-0.39, 0.29) is 5.91 Å². The standard InChI is InChI=1S/C15H19N3OS/c1-8-7-9(2)17-14-11(8)12(16)13(20-14)15(19)18-6-4-5-10(18)3/h7,10H,4-6,16H2,1-3H3. The molecule has 1 fully saturated rings. The van der Waals surface area contributed by atoms with Crippen LogP contribution in [0.15, 0.2) is 6.07 Å². The van der Waals surface area contributed by atoms with Crippen molar-refractivity contribution < 1.29 is 4.79 Å². The number of hydrogen-bond acceptors (Lipinski definition) is 4. The van der Waals surface area contributed by atoms with Crippen LogP contribution in [0.2, 0.25) is 0 Å². The number of aromatic nitrogens is 1. The molecule has 0 radical (unpaired) electrons. The van der Waals surface area contributed by atoms with E-state index in [4.69, 9.17) is 5.73 Å². The van der Waals surface area contributed by atoms with Crippen LogP contribution in [-0.4, -0.2) is 28.4 Å². The number of fused-ring (bicyclic) bond motifs is 1. The van der Waals surface area contributed by atoms with Crippen molar-refractivity contribution in [1.82, 2.24) is 9.88 Å². The molecule has 20 heavy (non-hydrogen) atoms. The van der Waals surface area contributed by atoms with Gasteiger partial charge in [0.15, 0.2) is 0 Å². The van der Waals surface area contributed by atoms with Crippen molar-refractivity contribution in [2.75, 3.05) is 12.3 Å². The number of pyridine rings is 1. The zero-order chi connectivity index (χ0) is 14.4. The predicted octanol–water partition coefficient (Wildman–Crippen LogP) is 3.12. The summed E-state index contributed by atoms with van der Waals surface area (Å²) in [4.78, 5) is 20.6. The zero-order valence-corrected chi connectivity index (χ0v) is 12.9. The molecule has 0 aromatic carbocycles. The van der Waals surface area contributed by atoms with Crippen molar-refractivity contribution in [1.29, 1.82) is 0 Å². The molecule has 0 saturated carbocycles. The van der Waals surface area contributed by atoms with Crippen molar-refractivity contribution in [2.24, 2.45) is 0 Å². The lowest BCUT2D eigenvalue weighted by molar-refractivity contribution is 0.0753. The number of hydrogen-bond donors (Lipinski definition) is 1. The van der Waals surface area contributed by atoms with Gasteiger partial charge in [-0.15, -0.1) is 11.3 Å². The van der Waals surface area contributed by atoms with Gasteiger partial charge in [-0.1, -0.05) is 0 Å². The number of aryl methyl sites for hydroxylation is 2. The van der Waals surface area contributed by atoms with Crippen LogP contribution < -0.4 is 5.73 Å². The molecule has 0 bridgehead atoms. The highest BCUT2D eigenvalue weighted by molar-refractivity contribution is 7.21. The molecular weight excluding hydrogens is 270 g/mol. The Labute approximate surface area is 122 Å². The maximum atomic E-state index is 12.7. The van der Waals surface area contributed by atoms with Crippen molar-refractivity contribution in [2.45, 2.75) is 39.7 Å². The second kappa shape index (κ2) is 4.74. The Morgan fingerprint density at radius 2 is 2.25 bits per heavy atom. The number of amides is 1. The van der Waals surface area contributed by atoms with Gasteiger partial charge >= 0.3 is 0 Å². The van der Waals surface area contributed by atoms with Crippen LogP contribution >= 0.6 is 11.3 Å². The average molecular weight is 289 g/mol. The summed E-state index contributed by atoms with van der Waals surface area (Å²) < 4.78 is 0. The third-order valence-electron chi connectivity index (χ3n) is 4.03. The van der Waals surface area contributed by atoms with Crippen LogP contribution in [0.1, 0.15) is 40.7 Å². The number of nitrogens with zero attached hydrogens (tertiary/aromatic N) is 2. The lowest BCUT2D eigenvalue weighted by Gasteiger charge is -2.20. The lowest BCUT2D eigenvalue weighted by atomic mass is 10.1. The second-order valence-electron chi connectivity index (χ2n) is 5.60. The van der Waals surface area contributed by atoms with E-state index in [2.05, 4.69) is 11.9 Å². The summed E-state index contributed by atoms with van der Waals surface area (Å²) >= 11 is 1.42. The van der Waals surface area contributed by atoms with Crippen molar-refractivity contribution in [3.05, 3.63) is 22.2 Å². The van der Waals surface area contributed by atoms with Gasteiger partial charge in [0.2, 0.25) is 0 Å². The second-order valence-corrected chi connectivity index (χ2v) is 6.59. The molecule has 106 valence electrons. The maximum Gasteiger partial charge on any atom is 0.266 e. The van der Waals surface area contributed by atoms with Gasteiger partial charge < -0.3 is 10.6 Å². The lowest BCUT2D eigenvalue weighted by Crippen LogP contribution is -2.33. The van der Waals surface area contributed by atoms with E-state index in [9.17, 15) is 4.79 Å². The number of nitrogen functional groups attached to an aromatic ring is 1. The van der Waals surface area contributed by atoms with E-state index < -0.39 is 0 Å². The van der Waals surface area contributed by atoms with Crippen LogP contribution in [0.4, 0.5) is 5.69 Å². The largest absolute Gasteiger partial charge is 0.397 e. The highest BCUT2D eigenvalue weighted by atomic mass is 32.1. The van der Waals surface area contributed by atoms with Gasteiger partial charge in [0.1, 0.15) is 9.71 Å². The third kappa shape index (κ3) is 1.97. The summed E-state index contributed by atoms with van der Waals surface area (Å²) in [5, 5.41) is 0.941. The molecule has 0 spiro atoms. The third-order valence-corrected chi connectivity index (χ3v) is 5.12. The first-order chi connectivity index (χ1) is 9.49. The fourth-order valence-electron chi connectivity index (χ4n) is 2.99. The monoisotopic (exact) mass is 289 g/mol. The van der Waals surface area contributed by atoms with Crippen molar-refractivity contribution in [3.63, 3.8) is 0 Å². The Balaban J connectivity index is 2.10. The summed E-state index contributed by atoms with van der Waals surface area (Å²) in [5.74, 6) is 0.0625. The van der Waals surface area contributed by atoms with E-state index in [0.717, 1.165) is 40.9 Å². The van der Waals surface area contributed by atoms with Crippen LogP contribution in [0, 0.1) is 13.8 Å². The van der Waals surface area contributed by atoms with Crippen molar-refractivity contribution >= 4 is 33.1 Å². The number of anilines is 1. The molecule has 3 rings (SSSR count). The number of likely N-dealkylation sites (tertiary alicyclic amines) is 1. The van der Waals surface area contributed by atoms with Gasteiger partial charge in [-0.3, -0.25) is 4.79 Å². The quantitative estimate of drug-likeness (QED) is 0.877. The summed E-state index contributed by atoms with van der Waals surface area (Å²) in [7, 11) is 0. The molecule has 2 aromatic heterocycles. The number of rotatable bonds is 1. The number of carbonyl (C=O) groups is 1. The Morgan fingerprint density at radius 1 is 1.50 bits per heavy atom. The summed E-state index contributed by atoms with van der Waals surface area (Å²) in [6.07, 6.45) is 2.15. The van der Waals surface area contributed by atoms with E-state index in [1.807, 2.05) is 24.8 Å². The summed E-state index contributed by atoms with van der Waals surface area (Å²) in [6, 6.07) is 2.32. The van der Waals surface area contributed by atoms with Crippen molar-refractivity contribution in [3.8, 4) is 0 Å². The Hall–Kier alpha value is -1.62. The molecule has 4 nitrogen and oxygen atoms in total. The molecule has 1 amide bonds. The Morgan fingerprint density at radius 3 is 2.90 bits per heavy atom. The van der Waals surface area contributed by atoms with Gasteiger partial charge in [0.05, 0.1) is 5.69 Å². The van der Waals surface area contributed by atoms with Gasteiger partial charge in [0, 0.05) is 23.7 Å². The molecule has 1 atom stereocenters. The smallest absolute Gasteiger partial charge is 0.266 e. The highest BCUT2D eigenvalue weighted by Crippen LogP contribution is 2.36. The molecule has 2 N–H and O–H groups in total. The van der Waals surface area contributed by atoms with Crippen LogP contribution in [-0.2, 0) is 0 Å². The normalized spacial score (nSPS) is 18.9. The number of thiophene rings is 1. The Kier molecular flexibility index (Phi) is 3.17. The molecule has 1 unspecified atom stereocenters. The Bertz CT molecular complexity index is 692. The molecule has 2 aromatic rings. The first kappa shape index (κ1) is 13.4. The fourth-order valence-corrected chi connectivity index (χ4v) is 4.17. The minimum absolute atomic E-state index is 0.0625. The molecule has 1 saturated heterocycles. The van der Waals surface area contributed by atoms with Crippen LogP contribution in [0.3, 0.4) is 0 Å². The zero-order valence-electron chi connectivity index (χ0n) is 12.1. The first-order valence-electron chi connectivity index (χ1n) is 6.96. The van der Waals surface area contributed by atoms with Crippen LogP contribution in [0.25, 0.3) is 10.2 Å². The van der Waals surface area contributed by atoms with E-state index >= 15 is 0 Å². The van der Waals surface area contributed by atoms with E-state index in [0.29, 0.717) is 16.6 Å². The predicted molar refractivity (Wildman–Crippen MR) is 83.2 cm³/mol.